The molecule has 0 radical (unpaired) electrons. The average molecular weight is 487 g/mol. The number of nitrogens with one attached hydrogen (secondary N) is 1. The molecule has 3 aromatic rings. The summed E-state index contributed by atoms with van der Waals surface area (Å²) in [4.78, 5) is 37.0. The molecule has 1 fully saturated rings. The number of likely N-dealkylation sites (tertiary alicyclic amines) is 1. The number of nitrogens with zero attached hydrogens (tertiary/aromatic N) is 3. The second kappa shape index (κ2) is 11.3. The van der Waals surface area contributed by atoms with Gasteiger partial charge >= 0.3 is 0 Å². The molecule has 1 N–H and O–H groups in total. The summed E-state index contributed by atoms with van der Waals surface area (Å²) in [6.07, 6.45) is 3.46. The molecule has 2 heterocycles. The number of ether oxygens (including phenoxy) is 1. The number of rotatable bonds is 7. The minimum Gasteiger partial charge on any atom is -0.496 e. The van der Waals surface area contributed by atoms with E-state index >= 15 is 0 Å². The van der Waals surface area contributed by atoms with Crippen LogP contribution in [-0.4, -0.2) is 46.9 Å². The van der Waals surface area contributed by atoms with Gasteiger partial charge < -0.3 is 15.0 Å². The molecule has 1 aliphatic rings. The summed E-state index contributed by atoms with van der Waals surface area (Å²) >= 11 is 0. The zero-order chi connectivity index (χ0) is 25.7. The van der Waals surface area contributed by atoms with Crippen LogP contribution in [0.15, 0.2) is 48.7 Å². The highest BCUT2D eigenvalue weighted by atomic mass is 16.5. The minimum absolute atomic E-state index is 0.0863. The van der Waals surface area contributed by atoms with E-state index in [0.717, 1.165) is 35.4 Å². The van der Waals surface area contributed by atoms with E-state index in [1.807, 2.05) is 36.1 Å². The van der Waals surface area contributed by atoms with Crippen molar-refractivity contribution in [3.8, 4) is 5.75 Å². The lowest BCUT2D eigenvalue weighted by molar-refractivity contribution is -0.131. The highest BCUT2D eigenvalue weighted by Crippen LogP contribution is 2.30. The lowest BCUT2D eigenvalue weighted by Gasteiger charge is -2.32. The van der Waals surface area contributed by atoms with Gasteiger partial charge in [0, 0.05) is 37.3 Å². The molecule has 0 aliphatic carbocycles. The quantitative estimate of drug-likeness (QED) is 0.539. The first-order valence-electron chi connectivity index (χ1n) is 12.4. The Morgan fingerprint density at radius 1 is 1.06 bits per heavy atom. The van der Waals surface area contributed by atoms with Crippen molar-refractivity contribution in [3.63, 3.8) is 0 Å². The van der Waals surface area contributed by atoms with Gasteiger partial charge in [0.25, 0.3) is 5.91 Å². The SMILES string of the molecule is COc1ccccc1CC(=O)N1CCC(c2nc(C)ncc2C(=O)NCc2cc(C)cc(C)c2)CC1. The molecule has 0 saturated carbocycles. The third-order valence-corrected chi connectivity index (χ3v) is 6.69. The van der Waals surface area contributed by atoms with E-state index in [4.69, 9.17) is 4.74 Å². The smallest absolute Gasteiger partial charge is 0.254 e. The Balaban J connectivity index is 1.41. The van der Waals surface area contributed by atoms with E-state index in [9.17, 15) is 9.59 Å². The summed E-state index contributed by atoms with van der Waals surface area (Å²) < 4.78 is 5.39. The fourth-order valence-electron chi connectivity index (χ4n) is 4.95. The number of benzene rings is 2. The largest absolute Gasteiger partial charge is 0.496 e. The molecule has 1 aliphatic heterocycles. The van der Waals surface area contributed by atoms with E-state index in [0.29, 0.717) is 37.4 Å². The van der Waals surface area contributed by atoms with Crippen LogP contribution in [0.25, 0.3) is 0 Å². The molecule has 4 rings (SSSR count). The van der Waals surface area contributed by atoms with Crippen LogP contribution in [0, 0.1) is 20.8 Å². The number of carbonyl (C=O) groups is 2. The van der Waals surface area contributed by atoms with Gasteiger partial charge in [0.2, 0.25) is 5.91 Å². The van der Waals surface area contributed by atoms with Crippen molar-refractivity contribution in [1.82, 2.24) is 20.2 Å². The van der Waals surface area contributed by atoms with E-state index in [1.165, 1.54) is 11.1 Å². The van der Waals surface area contributed by atoms with Crippen molar-refractivity contribution in [2.24, 2.45) is 0 Å². The summed E-state index contributed by atoms with van der Waals surface area (Å²) in [5.41, 5.74) is 5.59. The Labute approximate surface area is 212 Å². The molecule has 7 heteroatoms. The normalized spacial score (nSPS) is 13.9. The van der Waals surface area contributed by atoms with Crippen LogP contribution in [0.1, 0.15) is 62.9 Å². The molecule has 2 aromatic carbocycles. The van der Waals surface area contributed by atoms with Crippen molar-refractivity contribution in [2.75, 3.05) is 20.2 Å². The highest BCUT2D eigenvalue weighted by molar-refractivity contribution is 5.95. The standard InChI is InChI=1S/C29H34N4O3/c1-19-13-20(2)15-22(14-19)17-31-29(35)25-18-30-21(3)32-28(25)23-9-11-33(12-10-23)27(34)16-24-7-5-6-8-26(24)36-4/h5-8,13-15,18,23H,9-12,16-17H2,1-4H3,(H,31,35). The molecule has 0 atom stereocenters. The molecule has 188 valence electrons. The van der Waals surface area contributed by atoms with Crippen LogP contribution in [0.2, 0.25) is 0 Å². The number of carbonyl (C=O) groups excluding carboxylic acids is 2. The number of piperidine rings is 1. The Kier molecular flexibility index (Phi) is 7.98. The van der Waals surface area contributed by atoms with E-state index in [1.54, 1.807) is 13.3 Å². The maximum absolute atomic E-state index is 13.1. The van der Waals surface area contributed by atoms with Crippen LogP contribution in [-0.2, 0) is 17.8 Å². The Bertz CT molecular complexity index is 1230. The Hall–Kier alpha value is -3.74. The number of hydrogen-bond donors (Lipinski definition) is 1. The van der Waals surface area contributed by atoms with Crippen molar-refractivity contribution in [3.05, 3.63) is 88.0 Å². The third-order valence-electron chi connectivity index (χ3n) is 6.69. The number of aryl methyl sites for hydroxylation is 3. The average Bonchev–Trinajstić information content (AvgIpc) is 2.87. The molecule has 1 aromatic heterocycles. The van der Waals surface area contributed by atoms with Gasteiger partial charge in [-0.3, -0.25) is 9.59 Å². The number of methoxy groups -OCH3 is 1. The number of amides is 2. The molecule has 2 amide bonds. The topological polar surface area (TPSA) is 84.4 Å². The van der Waals surface area contributed by atoms with Crippen LogP contribution >= 0.6 is 0 Å². The monoisotopic (exact) mass is 486 g/mol. The van der Waals surface area contributed by atoms with Gasteiger partial charge in [-0.15, -0.1) is 0 Å². The third kappa shape index (κ3) is 6.08. The van der Waals surface area contributed by atoms with E-state index in [-0.39, 0.29) is 17.7 Å². The predicted molar refractivity (Wildman–Crippen MR) is 139 cm³/mol. The molecular formula is C29H34N4O3. The second-order valence-corrected chi connectivity index (χ2v) is 9.54. The summed E-state index contributed by atoms with van der Waals surface area (Å²) in [6.45, 7) is 7.66. The van der Waals surface area contributed by atoms with Crippen LogP contribution < -0.4 is 10.1 Å². The molecule has 7 nitrogen and oxygen atoms in total. The van der Waals surface area contributed by atoms with Crippen molar-refractivity contribution in [2.45, 2.75) is 52.5 Å². The molecular weight excluding hydrogens is 452 g/mol. The van der Waals surface area contributed by atoms with Crippen LogP contribution in [0.3, 0.4) is 0 Å². The Morgan fingerprint density at radius 3 is 2.44 bits per heavy atom. The highest BCUT2D eigenvalue weighted by Gasteiger charge is 2.28. The van der Waals surface area contributed by atoms with Crippen molar-refractivity contribution < 1.29 is 14.3 Å². The first kappa shape index (κ1) is 25.4. The second-order valence-electron chi connectivity index (χ2n) is 9.54. The molecule has 0 spiro atoms. The number of hydrogen-bond acceptors (Lipinski definition) is 5. The lowest BCUT2D eigenvalue weighted by atomic mass is 9.90. The van der Waals surface area contributed by atoms with Crippen molar-refractivity contribution >= 4 is 11.8 Å². The summed E-state index contributed by atoms with van der Waals surface area (Å²) in [7, 11) is 1.62. The van der Waals surface area contributed by atoms with Gasteiger partial charge in [-0.2, -0.15) is 0 Å². The van der Waals surface area contributed by atoms with E-state index < -0.39 is 0 Å². The Morgan fingerprint density at radius 2 is 1.75 bits per heavy atom. The van der Waals surface area contributed by atoms with Gasteiger partial charge in [0.1, 0.15) is 11.6 Å². The number of aromatic nitrogens is 2. The van der Waals surface area contributed by atoms with Crippen LogP contribution in [0.5, 0.6) is 5.75 Å². The summed E-state index contributed by atoms with van der Waals surface area (Å²) in [5, 5.41) is 3.04. The molecule has 1 saturated heterocycles. The molecule has 0 unspecified atom stereocenters. The number of para-hydroxylation sites is 1. The lowest BCUT2D eigenvalue weighted by Crippen LogP contribution is -2.39. The molecule has 36 heavy (non-hydrogen) atoms. The van der Waals surface area contributed by atoms with Gasteiger partial charge in [-0.05, 0) is 45.2 Å². The van der Waals surface area contributed by atoms with Gasteiger partial charge in [0.15, 0.2) is 0 Å². The maximum Gasteiger partial charge on any atom is 0.254 e. The fraction of sp³-hybridized carbons (Fsp3) is 0.379. The predicted octanol–water partition coefficient (Wildman–Crippen LogP) is 4.29. The zero-order valence-electron chi connectivity index (χ0n) is 21.5. The first-order valence-corrected chi connectivity index (χ1v) is 12.4. The van der Waals surface area contributed by atoms with Gasteiger partial charge in [0.05, 0.1) is 24.8 Å². The van der Waals surface area contributed by atoms with Gasteiger partial charge in [-0.25, -0.2) is 9.97 Å². The summed E-state index contributed by atoms with van der Waals surface area (Å²) in [5.74, 6) is 1.39. The first-order chi connectivity index (χ1) is 17.3. The summed E-state index contributed by atoms with van der Waals surface area (Å²) in [6, 6.07) is 13.9. The fourth-order valence-corrected chi connectivity index (χ4v) is 4.95. The van der Waals surface area contributed by atoms with Crippen LogP contribution in [0.4, 0.5) is 0 Å². The van der Waals surface area contributed by atoms with E-state index in [2.05, 4.69) is 47.3 Å². The zero-order valence-corrected chi connectivity index (χ0v) is 21.5. The van der Waals surface area contributed by atoms with Gasteiger partial charge in [-0.1, -0.05) is 47.5 Å². The van der Waals surface area contributed by atoms with Crippen molar-refractivity contribution in [1.29, 1.82) is 0 Å². The molecule has 0 bridgehead atoms. The minimum atomic E-state index is -0.168. The maximum atomic E-state index is 13.1.